The van der Waals surface area contributed by atoms with Gasteiger partial charge in [0.1, 0.15) is 6.54 Å². The van der Waals surface area contributed by atoms with Gasteiger partial charge in [-0.15, -0.1) is 10.2 Å². The zero-order valence-corrected chi connectivity index (χ0v) is 14.0. The lowest BCUT2D eigenvalue weighted by atomic mass is 10.2. The van der Waals surface area contributed by atoms with Crippen LogP contribution in [0.4, 0.5) is 5.69 Å². The van der Waals surface area contributed by atoms with E-state index >= 15 is 0 Å². The topological polar surface area (TPSA) is 72.7 Å². The number of nitrogens with zero attached hydrogens (tertiary/aromatic N) is 4. The second-order valence-corrected chi connectivity index (χ2v) is 5.98. The maximum atomic E-state index is 12.0. The number of carbonyl (C=O) groups is 1. The number of rotatable bonds is 4. The maximum Gasteiger partial charge on any atom is 0.248 e. The van der Waals surface area contributed by atoms with E-state index in [4.69, 9.17) is 0 Å². The number of aromatic nitrogens is 4. The monoisotopic (exact) mass is 371 g/mol. The number of hydrogen-bond acceptors (Lipinski definition) is 4. The predicted octanol–water partition coefficient (Wildman–Crippen LogP) is 3.05. The summed E-state index contributed by atoms with van der Waals surface area (Å²) >= 11 is 3.38. The van der Waals surface area contributed by atoms with Crippen LogP contribution in [0.2, 0.25) is 0 Å². The van der Waals surface area contributed by atoms with Crippen LogP contribution < -0.4 is 5.32 Å². The quantitative estimate of drug-likeness (QED) is 0.764. The lowest BCUT2D eigenvalue weighted by Gasteiger charge is -2.04. The Morgan fingerprint density at radius 1 is 1.13 bits per heavy atom. The van der Waals surface area contributed by atoms with Crippen molar-refractivity contribution in [3.63, 3.8) is 0 Å². The molecule has 1 amide bonds. The molecule has 116 valence electrons. The molecule has 0 aliphatic carbocycles. The van der Waals surface area contributed by atoms with E-state index in [1.54, 1.807) is 0 Å². The lowest BCUT2D eigenvalue weighted by Crippen LogP contribution is -2.20. The molecular weight excluding hydrogens is 358 g/mol. The molecule has 0 aliphatic rings. The van der Waals surface area contributed by atoms with Gasteiger partial charge in [0.15, 0.2) is 0 Å². The Kier molecular flexibility index (Phi) is 4.47. The van der Waals surface area contributed by atoms with Gasteiger partial charge in [-0.2, -0.15) is 4.80 Å². The Balaban J connectivity index is 1.65. The number of carbonyl (C=O) groups excluding carboxylic acids is 1. The molecule has 23 heavy (non-hydrogen) atoms. The van der Waals surface area contributed by atoms with Crippen molar-refractivity contribution >= 4 is 27.5 Å². The Hall–Kier alpha value is -2.54. The highest BCUT2D eigenvalue weighted by molar-refractivity contribution is 9.10. The van der Waals surface area contributed by atoms with Crippen LogP contribution in [0.25, 0.3) is 11.4 Å². The van der Waals surface area contributed by atoms with Crippen LogP contribution in [0.1, 0.15) is 5.56 Å². The van der Waals surface area contributed by atoms with E-state index in [9.17, 15) is 4.79 Å². The zero-order chi connectivity index (χ0) is 16.2. The van der Waals surface area contributed by atoms with Gasteiger partial charge in [0.05, 0.1) is 0 Å². The first-order valence-electron chi connectivity index (χ1n) is 7.00. The number of benzene rings is 2. The first-order chi connectivity index (χ1) is 11.1. The summed E-state index contributed by atoms with van der Waals surface area (Å²) in [6.07, 6.45) is 0. The normalized spacial score (nSPS) is 10.5. The van der Waals surface area contributed by atoms with Gasteiger partial charge in [-0.25, -0.2) is 0 Å². The van der Waals surface area contributed by atoms with Gasteiger partial charge in [0.2, 0.25) is 11.7 Å². The maximum absolute atomic E-state index is 12.0. The highest BCUT2D eigenvalue weighted by atomic mass is 79.9. The fourth-order valence-electron chi connectivity index (χ4n) is 1.99. The molecule has 1 aromatic heterocycles. The minimum Gasteiger partial charge on any atom is -0.324 e. The van der Waals surface area contributed by atoms with Crippen molar-refractivity contribution in [3.8, 4) is 11.4 Å². The number of hydrogen-bond donors (Lipinski definition) is 1. The molecule has 2 aromatic carbocycles. The Bertz CT molecular complexity index is 811. The zero-order valence-electron chi connectivity index (χ0n) is 12.4. The van der Waals surface area contributed by atoms with Crippen molar-refractivity contribution in [1.29, 1.82) is 0 Å². The van der Waals surface area contributed by atoms with Gasteiger partial charge in [-0.1, -0.05) is 33.6 Å². The van der Waals surface area contributed by atoms with E-state index in [1.165, 1.54) is 4.80 Å². The standard InChI is InChI=1S/C16H14BrN5O/c1-11-2-8-14(9-3-11)18-15(23)10-22-20-16(19-21-22)12-4-6-13(17)7-5-12/h2-9H,10H2,1H3,(H,18,23). The van der Waals surface area contributed by atoms with E-state index in [2.05, 4.69) is 36.7 Å². The molecule has 3 aromatic rings. The van der Waals surface area contributed by atoms with Gasteiger partial charge < -0.3 is 5.32 Å². The molecule has 7 heteroatoms. The fraction of sp³-hybridized carbons (Fsp3) is 0.125. The Morgan fingerprint density at radius 3 is 2.52 bits per heavy atom. The number of amides is 1. The minimum atomic E-state index is -0.200. The number of nitrogens with one attached hydrogen (secondary N) is 1. The molecule has 0 spiro atoms. The third-order valence-corrected chi connectivity index (χ3v) is 3.70. The molecule has 3 rings (SSSR count). The van der Waals surface area contributed by atoms with Crippen LogP contribution >= 0.6 is 15.9 Å². The molecule has 1 N–H and O–H groups in total. The van der Waals surface area contributed by atoms with Crippen LogP contribution in [0.15, 0.2) is 53.0 Å². The minimum absolute atomic E-state index is 0.0113. The van der Waals surface area contributed by atoms with E-state index in [1.807, 2.05) is 55.5 Å². The molecule has 0 fully saturated rings. The third-order valence-electron chi connectivity index (χ3n) is 3.18. The predicted molar refractivity (Wildman–Crippen MR) is 90.8 cm³/mol. The van der Waals surface area contributed by atoms with Gasteiger partial charge in [0.25, 0.3) is 0 Å². The highest BCUT2D eigenvalue weighted by Crippen LogP contribution is 2.17. The summed E-state index contributed by atoms with van der Waals surface area (Å²) < 4.78 is 0.978. The second kappa shape index (κ2) is 6.70. The summed E-state index contributed by atoms with van der Waals surface area (Å²) in [5.41, 5.74) is 2.73. The van der Waals surface area contributed by atoms with Crippen LogP contribution in [0, 0.1) is 6.92 Å². The molecule has 6 nitrogen and oxygen atoms in total. The van der Waals surface area contributed by atoms with Gasteiger partial charge in [-0.3, -0.25) is 4.79 Å². The molecule has 1 heterocycles. The van der Waals surface area contributed by atoms with E-state index in [0.29, 0.717) is 5.82 Å². The van der Waals surface area contributed by atoms with E-state index < -0.39 is 0 Å². The molecule has 0 atom stereocenters. The van der Waals surface area contributed by atoms with Gasteiger partial charge in [0, 0.05) is 15.7 Å². The first-order valence-corrected chi connectivity index (χ1v) is 7.80. The van der Waals surface area contributed by atoms with Crippen molar-refractivity contribution in [2.24, 2.45) is 0 Å². The van der Waals surface area contributed by atoms with E-state index in [-0.39, 0.29) is 12.5 Å². The van der Waals surface area contributed by atoms with Crippen molar-refractivity contribution in [2.75, 3.05) is 5.32 Å². The van der Waals surface area contributed by atoms with Crippen LogP contribution in [-0.4, -0.2) is 26.1 Å². The molecule has 0 bridgehead atoms. The molecule has 0 unspecified atom stereocenters. The van der Waals surface area contributed by atoms with Crippen molar-refractivity contribution in [2.45, 2.75) is 13.5 Å². The molecule has 0 saturated heterocycles. The number of halogens is 1. The molecular formula is C16H14BrN5O. The van der Waals surface area contributed by atoms with Crippen LogP contribution in [0.5, 0.6) is 0 Å². The fourth-order valence-corrected chi connectivity index (χ4v) is 2.25. The van der Waals surface area contributed by atoms with E-state index in [0.717, 1.165) is 21.3 Å². The Labute approximate surface area is 141 Å². The number of anilines is 1. The molecule has 0 saturated carbocycles. The summed E-state index contributed by atoms with van der Waals surface area (Å²) in [6.45, 7) is 2.01. The first kappa shape index (κ1) is 15.4. The van der Waals surface area contributed by atoms with Gasteiger partial charge in [-0.05, 0) is 48.5 Å². The summed E-state index contributed by atoms with van der Waals surface area (Å²) in [7, 11) is 0. The average Bonchev–Trinajstić information content (AvgIpc) is 2.98. The van der Waals surface area contributed by atoms with Crippen molar-refractivity contribution in [1.82, 2.24) is 20.2 Å². The van der Waals surface area contributed by atoms with Crippen molar-refractivity contribution < 1.29 is 4.79 Å². The molecule has 0 aliphatic heterocycles. The highest BCUT2D eigenvalue weighted by Gasteiger charge is 2.09. The largest absolute Gasteiger partial charge is 0.324 e. The average molecular weight is 372 g/mol. The SMILES string of the molecule is Cc1ccc(NC(=O)Cn2nnc(-c3ccc(Br)cc3)n2)cc1. The number of tetrazole rings is 1. The number of aryl methyl sites for hydroxylation is 1. The second-order valence-electron chi connectivity index (χ2n) is 5.06. The summed E-state index contributed by atoms with van der Waals surface area (Å²) in [6, 6.07) is 15.2. The third kappa shape index (κ3) is 4.01. The summed E-state index contributed by atoms with van der Waals surface area (Å²) in [5.74, 6) is 0.286. The summed E-state index contributed by atoms with van der Waals surface area (Å²) in [5, 5.41) is 14.9. The van der Waals surface area contributed by atoms with Crippen LogP contribution in [0.3, 0.4) is 0 Å². The Morgan fingerprint density at radius 2 is 1.83 bits per heavy atom. The lowest BCUT2D eigenvalue weighted by molar-refractivity contribution is -0.117. The van der Waals surface area contributed by atoms with Crippen LogP contribution in [-0.2, 0) is 11.3 Å². The van der Waals surface area contributed by atoms with Crippen molar-refractivity contribution in [3.05, 3.63) is 58.6 Å². The smallest absolute Gasteiger partial charge is 0.248 e. The molecule has 0 radical (unpaired) electrons. The summed E-state index contributed by atoms with van der Waals surface area (Å²) in [4.78, 5) is 13.3. The van der Waals surface area contributed by atoms with Gasteiger partial charge >= 0.3 is 0 Å².